The highest BCUT2D eigenvalue weighted by molar-refractivity contribution is 7.62. The normalized spacial score (nSPS) is 12.0. The summed E-state index contributed by atoms with van der Waals surface area (Å²) in [6.45, 7) is 3.45. The highest BCUT2D eigenvalue weighted by Gasteiger charge is 2.12. The van der Waals surface area contributed by atoms with Crippen molar-refractivity contribution in [1.29, 1.82) is 5.26 Å². The van der Waals surface area contributed by atoms with Gasteiger partial charge in [-0.1, -0.05) is 12.1 Å². The number of hydrogen-bond acceptors (Lipinski definition) is 3. The van der Waals surface area contributed by atoms with Crippen molar-refractivity contribution in [3.8, 4) is 11.8 Å². The van der Waals surface area contributed by atoms with Crippen molar-refractivity contribution in [2.45, 2.75) is 0 Å². The molecule has 0 radical (unpaired) electrons. The zero-order valence-electron chi connectivity index (χ0n) is 10.3. The van der Waals surface area contributed by atoms with Gasteiger partial charge in [-0.2, -0.15) is 5.26 Å². The Morgan fingerprint density at radius 1 is 1.41 bits per heavy atom. The van der Waals surface area contributed by atoms with Gasteiger partial charge in [0.25, 0.3) is 0 Å². The maximum Gasteiger partial charge on any atom is 0.118 e. The summed E-state index contributed by atoms with van der Waals surface area (Å²) in [5.41, 5.74) is 1.72. The molecular formula is C13H16NO2P. The fourth-order valence-corrected chi connectivity index (χ4v) is 2.61. The molecule has 0 bridgehead atoms. The molecule has 0 saturated heterocycles. The van der Waals surface area contributed by atoms with E-state index >= 15 is 0 Å². The van der Waals surface area contributed by atoms with E-state index in [4.69, 9.17) is 10.00 Å². The van der Waals surface area contributed by atoms with Crippen LogP contribution in [-0.4, -0.2) is 26.6 Å². The third-order valence-corrected chi connectivity index (χ3v) is 3.35. The van der Waals surface area contributed by atoms with Crippen molar-refractivity contribution in [2.24, 2.45) is 0 Å². The average molecular weight is 249 g/mol. The quantitative estimate of drug-likeness (QED) is 0.608. The Kier molecular flexibility index (Phi) is 4.54. The molecule has 0 N–H and O–H groups in total. The SMILES string of the molecule is COc1ccc(/C(=C\C#N)CP(C)(C)=O)cc1. The molecule has 0 aromatic heterocycles. The highest BCUT2D eigenvalue weighted by atomic mass is 31.2. The van der Waals surface area contributed by atoms with Crippen LogP contribution >= 0.6 is 7.14 Å². The van der Waals surface area contributed by atoms with E-state index in [9.17, 15) is 4.57 Å². The Bertz CT molecular complexity index is 491. The lowest BCUT2D eigenvalue weighted by molar-refractivity contribution is 0.415. The van der Waals surface area contributed by atoms with Gasteiger partial charge in [-0.15, -0.1) is 0 Å². The largest absolute Gasteiger partial charge is 0.497 e. The van der Waals surface area contributed by atoms with Crippen LogP contribution in [0.25, 0.3) is 5.57 Å². The summed E-state index contributed by atoms with van der Waals surface area (Å²) in [5.74, 6) is 0.765. The van der Waals surface area contributed by atoms with E-state index in [1.54, 1.807) is 20.4 Å². The molecule has 1 rings (SSSR count). The fourth-order valence-electron chi connectivity index (χ4n) is 1.51. The van der Waals surface area contributed by atoms with Gasteiger partial charge < -0.3 is 9.30 Å². The summed E-state index contributed by atoms with van der Waals surface area (Å²) in [7, 11) is -0.582. The molecule has 0 atom stereocenters. The van der Waals surface area contributed by atoms with E-state index < -0.39 is 7.14 Å². The maximum atomic E-state index is 11.8. The summed E-state index contributed by atoms with van der Waals surface area (Å²) < 4.78 is 16.9. The molecule has 17 heavy (non-hydrogen) atoms. The molecule has 0 aliphatic carbocycles. The second-order valence-electron chi connectivity index (χ2n) is 4.26. The van der Waals surface area contributed by atoms with Crippen LogP contribution in [-0.2, 0) is 4.57 Å². The molecule has 0 spiro atoms. The van der Waals surface area contributed by atoms with Crippen molar-refractivity contribution < 1.29 is 9.30 Å². The van der Waals surface area contributed by atoms with Gasteiger partial charge >= 0.3 is 0 Å². The standard InChI is InChI=1S/C13H16NO2P/c1-16-13-6-4-11(5-7-13)12(8-9-14)10-17(2,3)15/h4-8H,10H2,1-3H3/b12-8-. The smallest absolute Gasteiger partial charge is 0.118 e. The van der Waals surface area contributed by atoms with E-state index in [1.165, 1.54) is 6.08 Å². The van der Waals surface area contributed by atoms with E-state index in [0.29, 0.717) is 6.16 Å². The molecule has 0 fully saturated rings. The molecule has 0 heterocycles. The Hall–Kier alpha value is -1.52. The summed E-state index contributed by atoms with van der Waals surface area (Å²) in [4.78, 5) is 0. The summed E-state index contributed by atoms with van der Waals surface area (Å²) in [6, 6.07) is 9.41. The van der Waals surface area contributed by atoms with E-state index in [0.717, 1.165) is 16.9 Å². The number of allylic oxidation sites excluding steroid dienone is 2. The Morgan fingerprint density at radius 3 is 2.41 bits per heavy atom. The van der Waals surface area contributed by atoms with Crippen LogP contribution in [0.15, 0.2) is 30.3 Å². The molecule has 1 aromatic rings. The van der Waals surface area contributed by atoms with Crippen molar-refractivity contribution in [2.75, 3.05) is 26.6 Å². The monoisotopic (exact) mass is 249 g/mol. The first-order chi connectivity index (χ1) is 7.96. The molecule has 4 heteroatoms. The number of ether oxygens (including phenoxy) is 1. The second kappa shape index (κ2) is 5.70. The molecule has 0 saturated carbocycles. The third kappa shape index (κ3) is 4.46. The van der Waals surface area contributed by atoms with Crippen LogP contribution in [0.1, 0.15) is 5.56 Å². The summed E-state index contributed by atoms with van der Waals surface area (Å²) in [5, 5.41) is 8.75. The van der Waals surface area contributed by atoms with Crippen molar-refractivity contribution in [3.63, 3.8) is 0 Å². The van der Waals surface area contributed by atoms with Gasteiger partial charge in [-0.3, -0.25) is 0 Å². The number of benzene rings is 1. The molecule has 0 unspecified atom stereocenters. The zero-order chi connectivity index (χ0) is 12.9. The maximum absolute atomic E-state index is 11.8. The number of methoxy groups -OCH3 is 1. The molecule has 0 aliphatic heterocycles. The molecule has 0 amide bonds. The number of nitrogens with zero attached hydrogens (tertiary/aromatic N) is 1. The highest BCUT2D eigenvalue weighted by Crippen LogP contribution is 2.40. The van der Waals surface area contributed by atoms with Crippen LogP contribution in [0.2, 0.25) is 0 Å². The van der Waals surface area contributed by atoms with Crippen LogP contribution in [0.3, 0.4) is 0 Å². The average Bonchev–Trinajstić information content (AvgIpc) is 2.27. The Morgan fingerprint density at radius 2 is 2.00 bits per heavy atom. The predicted octanol–water partition coefficient (Wildman–Crippen LogP) is 3.22. The van der Waals surface area contributed by atoms with Gasteiger partial charge in [-0.25, -0.2) is 0 Å². The van der Waals surface area contributed by atoms with Gasteiger partial charge in [0.1, 0.15) is 5.75 Å². The molecular weight excluding hydrogens is 233 g/mol. The first-order valence-corrected chi connectivity index (χ1v) is 8.02. The van der Waals surface area contributed by atoms with Gasteiger partial charge in [0.2, 0.25) is 0 Å². The third-order valence-electron chi connectivity index (χ3n) is 2.25. The molecule has 1 aromatic carbocycles. The zero-order valence-corrected chi connectivity index (χ0v) is 11.2. The van der Waals surface area contributed by atoms with Crippen LogP contribution in [0.4, 0.5) is 0 Å². The summed E-state index contributed by atoms with van der Waals surface area (Å²) in [6.07, 6.45) is 1.90. The lowest BCUT2D eigenvalue weighted by Crippen LogP contribution is -1.93. The summed E-state index contributed by atoms with van der Waals surface area (Å²) >= 11 is 0. The fraction of sp³-hybridized carbons (Fsp3) is 0.308. The van der Waals surface area contributed by atoms with Crippen molar-refractivity contribution in [1.82, 2.24) is 0 Å². The predicted molar refractivity (Wildman–Crippen MR) is 70.9 cm³/mol. The number of rotatable bonds is 4. The second-order valence-corrected chi connectivity index (χ2v) is 7.72. The van der Waals surface area contributed by atoms with E-state index in [-0.39, 0.29) is 0 Å². The molecule has 90 valence electrons. The van der Waals surface area contributed by atoms with Crippen molar-refractivity contribution >= 4 is 12.7 Å². The van der Waals surface area contributed by atoms with Crippen LogP contribution in [0, 0.1) is 11.3 Å². The first-order valence-electron chi connectivity index (χ1n) is 5.23. The minimum atomic E-state index is -2.19. The van der Waals surface area contributed by atoms with E-state index in [1.807, 2.05) is 30.3 Å². The molecule has 0 aliphatic rings. The number of hydrogen-bond donors (Lipinski definition) is 0. The van der Waals surface area contributed by atoms with Gasteiger partial charge in [0.05, 0.1) is 20.3 Å². The van der Waals surface area contributed by atoms with Crippen LogP contribution in [0.5, 0.6) is 5.75 Å². The molecule has 3 nitrogen and oxygen atoms in total. The number of nitriles is 1. The minimum absolute atomic E-state index is 0.437. The van der Waals surface area contributed by atoms with Gasteiger partial charge in [0, 0.05) is 12.2 Å². The Labute approximate surface area is 102 Å². The Balaban J connectivity index is 3.03. The van der Waals surface area contributed by atoms with Gasteiger partial charge in [0.15, 0.2) is 0 Å². The minimum Gasteiger partial charge on any atom is -0.497 e. The first kappa shape index (κ1) is 13.5. The topological polar surface area (TPSA) is 50.1 Å². The van der Waals surface area contributed by atoms with Crippen molar-refractivity contribution in [3.05, 3.63) is 35.9 Å². The lowest BCUT2D eigenvalue weighted by atomic mass is 10.1. The van der Waals surface area contributed by atoms with Crippen LogP contribution < -0.4 is 4.74 Å². The lowest BCUT2D eigenvalue weighted by Gasteiger charge is -2.10. The van der Waals surface area contributed by atoms with Gasteiger partial charge in [-0.05, 0) is 36.6 Å². The van der Waals surface area contributed by atoms with E-state index in [2.05, 4.69) is 0 Å².